The predicted molar refractivity (Wildman–Crippen MR) is 83.0 cm³/mol. The van der Waals surface area contributed by atoms with Gasteiger partial charge >= 0.3 is 18.2 Å². The average molecular weight is 369 g/mol. The Morgan fingerprint density at radius 2 is 1.72 bits per heavy atom. The number of piperidine rings is 1. The second-order valence-corrected chi connectivity index (χ2v) is 6.84. The first-order valence-corrected chi connectivity index (χ1v) is 8.28. The van der Waals surface area contributed by atoms with Crippen molar-refractivity contribution in [2.24, 2.45) is 0 Å². The number of alkyl halides is 3. The molecule has 0 saturated carbocycles. The van der Waals surface area contributed by atoms with E-state index in [0.29, 0.717) is 0 Å². The van der Waals surface area contributed by atoms with E-state index in [2.05, 4.69) is 4.74 Å². The third-order valence-corrected chi connectivity index (χ3v) is 3.47. The Morgan fingerprint density at radius 1 is 1.16 bits per heavy atom. The van der Waals surface area contributed by atoms with Crippen molar-refractivity contribution in [2.75, 3.05) is 19.7 Å². The minimum atomic E-state index is -4.66. The van der Waals surface area contributed by atoms with Gasteiger partial charge in [-0.1, -0.05) is 0 Å². The second-order valence-electron chi connectivity index (χ2n) is 6.84. The van der Waals surface area contributed by atoms with Crippen LogP contribution >= 0.6 is 0 Å². The van der Waals surface area contributed by atoms with Crippen molar-refractivity contribution in [3.8, 4) is 0 Å². The van der Waals surface area contributed by atoms with Gasteiger partial charge in [0.25, 0.3) is 0 Å². The third kappa shape index (κ3) is 7.94. The van der Waals surface area contributed by atoms with E-state index in [1.54, 1.807) is 20.8 Å². The number of rotatable bonds is 5. The van der Waals surface area contributed by atoms with E-state index in [-0.39, 0.29) is 32.5 Å². The summed E-state index contributed by atoms with van der Waals surface area (Å²) in [6, 6.07) is 0. The molecule has 0 unspecified atom stereocenters. The average Bonchev–Trinajstić information content (AvgIpc) is 2.44. The molecule has 6 nitrogen and oxygen atoms in total. The highest BCUT2D eigenvalue weighted by Gasteiger charge is 2.44. The minimum Gasteiger partial charge on any atom is -0.466 e. The smallest absolute Gasteiger partial charge is 0.415 e. The lowest BCUT2D eigenvalue weighted by molar-refractivity contribution is -0.239. The summed E-state index contributed by atoms with van der Waals surface area (Å²) in [4.78, 5) is 24.7. The number of hydrogen-bond acceptors (Lipinski definition) is 5. The largest absolute Gasteiger partial charge is 0.466 e. The van der Waals surface area contributed by atoms with Gasteiger partial charge in [0.05, 0.1) is 19.1 Å². The van der Waals surface area contributed by atoms with E-state index in [1.807, 2.05) is 0 Å². The van der Waals surface area contributed by atoms with E-state index in [4.69, 9.17) is 9.47 Å². The Balaban J connectivity index is 2.54. The van der Waals surface area contributed by atoms with Gasteiger partial charge < -0.3 is 19.1 Å². The Kier molecular flexibility index (Phi) is 7.52. The summed E-state index contributed by atoms with van der Waals surface area (Å²) < 4.78 is 54.0. The number of hydrogen-bond donors (Lipinski definition) is 0. The third-order valence-electron chi connectivity index (χ3n) is 3.47. The molecule has 0 bridgehead atoms. The van der Waals surface area contributed by atoms with Gasteiger partial charge in [-0.15, -0.1) is 0 Å². The maximum atomic E-state index is 13.0. The monoisotopic (exact) mass is 369 g/mol. The van der Waals surface area contributed by atoms with E-state index in [0.717, 1.165) is 0 Å². The van der Waals surface area contributed by atoms with Gasteiger partial charge in [-0.3, -0.25) is 4.79 Å². The molecule has 1 amide bonds. The topological polar surface area (TPSA) is 65.1 Å². The fourth-order valence-corrected chi connectivity index (χ4v) is 2.35. The molecule has 1 aliphatic rings. The summed E-state index contributed by atoms with van der Waals surface area (Å²) >= 11 is 0. The summed E-state index contributed by atoms with van der Waals surface area (Å²) in [5.74, 6) is -0.948. The zero-order valence-corrected chi connectivity index (χ0v) is 15.0. The summed E-state index contributed by atoms with van der Waals surface area (Å²) in [5.41, 5.74) is -0.633. The standard InChI is InChI=1S/C16H26F3NO5/c1-5-23-13(21)10-12(16(17,18)19)24-11-6-8-20(9-7-11)14(22)25-15(2,3)4/h11-12H,5-10H2,1-4H3/t12-/m1/s1. The first-order chi connectivity index (χ1) is 11.4. The molecule has 146 valence electrons. The summed E-state index contributed by atoms with van der Waals surface area (Å²) in [6.45, 7) is 7.23. The molecule has 0 aromatic carbocycles. The molecule has 1 fully saturated rings. The SMILES string of the molecule is CCOC(=O)C[C@@H](OC1CCN(C(=O)OC(C)(C)C)CC1)C(F)(F)F. The Morgan fingerprint density at radius 3 is 2.16 bits per heavy atom. The number of amides is 1. The van der Waals surface area contributed by atoms with Crippen molar-refractivity contribution < 1.29 is 37.0 Å². The molecule has 0 spiro atoms. The van der Waals surface area contributed by atoms with Gasteiger partial charge in [-0.25, -0.2) is 4.79 Å². The Labute approximate surface area is 145 Å². The van der Waals surface area contributed by atoms with Gasteiger partial charge in [0.2, 0.25) is 0 Å². The van der Waals surface area contributed by atoms with Gasteiger partial charge in [0.15, 0.2) is 6.10 Å². The number of halogens is 3. The van der Waals surface area contributed by atoms with Crippen LogP contribution in [0.2, 0.25) is 0 Å². The van der Waals surface area contributed by atoms with Crippen LogP contribution in [0.5, 0.6) is 0 Å². The van der Waals surface area contributed by atoms with Gasteiger partial charge in [0, 0.05) is 13.1 Å². The molecule has 25 heavy (non-hydrogen) atoms. The van der Waals surface area contributed by atoms with Crippen LogP contribution in [-0.2, 0) is 19.0 Å². The summed E-state index contributed by atoms with van der Waals surface area (Å²) in [7, 11) is 0. The normalized spacial score (nSPS) is 18.0. The van der Waals surface area contributed by atoms with E-state index < -0.39 is 42.5 Å². The van der Waals surface area contributed by atoms with Crippen molar-refractivity contribution in [1.82, 2.24) is 4.90 Å². The van der Waals surface area contributed by atoms with Crippen LogP contribution in [0.4, 0.5) is 18.0 Å². The Hall–Kier alpha value is -1.51. The number of ether oxygens (including phenoxy) is 3. The molecule has 0 aromatic rings. The molecule has 1 heterocycles. The predicted octanol–water partition coefficient (Wildman–Crippen LogP) is 3.29. The van der Waals surface area contributed by atoms with Crippen molar-refractivity contribution in [1.29, 1.82) is 0 Å². The van der Waals surface area contributed by atoms with Gasteiger partial charge in [-0.05, 0) is 40.5 Å². The zero-order chi connectivity index (χ0) is 19.3. The lowest BCUT2D eigenvalue weighted by Crippen LogP contribution is -2.45. The van der Waals surface area contributed by atoms with Crippen molar-refractivity contribution in [3.05, 3.63) is 0 Å². The van der Waals surface area contributed by atoms with E-state index in [9.17, 15) is 22.8 Å². The van der Waals surface area contributed by atoms with Gasteiger partial charge in [0.1, 0.15) is 5.60 Å². The van der Waals surface area contributed by atoms with Gasteiger partial charge in [-0.2, -0.15) is 13.2 Å². The van der Waals surface area contributed by atoms with Crippen LogP contribution in [0, 0.1) is 0 Å². The molecule has 1 rings (SSSR count). The van der Waals surface area contributed by atoms with Crippen molar-refractivity contribution >= 4 is 12.1 Å². The highest BCUT2D eigenvalue weighted by Crippen LogP contribution is 2.29. The molecule has 0 radical (unpaired) electrons. The second kappa shape index (κ2) is 8.73. The maximum absolute atomic E-state index is 13.0. The molecular weight excluding hydrogens is 343 g/mol. The van der Waals surface area contributed by atoms with Crippen LogP contribution in [0.25, 0.3) is 0 Å². The minimum absolute atomic E-state index is 0.0116. The van der Waals surface area contributed by atoms with Crippen LogP contribution in [-0.4, -0.2) is 60.6 Å². The zero-order valence-electron chi connectivity index (χ0n) is 15.0. The number of likely N-dealkylation sites (tertiary alicyclic amines) is 1. The number of carbonyl (C=O) groups excluding carboxylic acids is 2. The number of carbonyl (C=O) groups is 2. The Bertz CT molecular complexity index is 454. The van der Waals surface area contributed by atoms with Crippen molar-refractivity contribution in [3.63, 3.8) is 0 Å². The highest BCUT2D eigenvalue weighted by molar-refractivity contribution is 5.70. The maximum Gasteiger partial charge on any atom is 0.415 e. The lowest BCUT2D eigenvalue weighted by atomic mass is 10.1. The molecule has 0 N–H and O–H groups in total. The van der Waals surface area contributed by atoms with Crippen LogP contribution < -0.4 is 0 Å². The molecule has 0 aliphatic carbocycles. The molecule has 1 atom stereocenters. The lowest BCUT2D eigenvalue weighted by Gasteiger charge is -2.35. The van der Waals surface area contributed by atoms with Crippen LogP contribution in [0.1, 0.15) is 47.0 Å². The first-order valence-electron chi connectivity index (χ1n) is 8.28. The fraction of sp³-hybridized carbons (Fsp3) is 0.875. The molecule has 1 aliphatic heterocycles. The first kappa shape index (κ1) is 21.5. The summed E-state index contributed by atoms with van der Waals surface area (Å²) in [5, 5.41) is 0. The quantitative estimate of drug-likeness (QED) is 0.696. The van der Waals surface area contributed by atoms with E-state index >= 15 is 0 Å². The highest BCUT2D eigenvalue weighted by atomic mass is 19.4. The molecule has 0 aromatic heterocycles. The molecular formula is C16H26F3NO5. The van der Waals surface area contributed by atoms with Crippen LogP contribution in [0.15, 0.2) is 0 Å². The van der Waals surface area contributed by atoms with Crippen molar-refractivity contribution in [2.45, 2.75) is 70.9 Å². The number of nitrogens with zero attached hydrogens (tertiary/aromatic N) is 1. The van der Waals surface area contributed by atoms with E-state index in [1.165, 1.54) is 11.8 Å². The number of esters is 1. The molecule has 1 saturated heterocycles. The fourth-order valence-electron chi connectivity index (χ4n) is 2.35. The van der Waals surface area contributed by atoms with Crippen LogP contribution in [0.3, 0.4) is 0 Å². The molecule has 9 heteroatoms. The summed E-state index contributed by atoms with van der Waals surface area (Å²) in [6.07, 6.45) is -8.42.